The number of hydrogen-bond donors (Lipinski definition) is 2. The van der Waals surface area contributed by atoms with Crippen molar-refractivity contribution in [2.75, 3.05) is 30.7 Å². The maximum Gasteiger partial charge on any atom is 0.255 e. The number of benzene rings is 2. The number of likely N-dealkylation sites (tertiary alicyclic amines) is 1. The molecule has 2 fully saturated rings. The van der Waals surface area contributed by atoms with E-state index in [1.807, 2.05) is 24.3 Å². The molecule has 3 N–H and O–H groups in total. The minimum absolute atomic E-state index is 0. The van der Waals surface area contributed by atoms with Crippen LogP contribution in [-0.4, -0.2) is 36.5 Å². The van der Waals surface area contributed by atoms with Gasteiger partial charge in [-0.25, -0.2) is 0 Å². The third-order valence-corrected chi connectivity index (χ3v) is 5.57. The fraction of sp³-hybridized carbons (Fsp3) is 0.409. The zero-order valence-corrected chi connectivity index (χ0v) is 18.2. The van der Waals surface area contributed by atoms with E-state index in [1.165, 1.54) is 19.4 Å². The van der Waals surface area contributed by atoms with Crippen molar-refractivity contribution in [2.24, 2.45) is 5.41 Å². The van der Waals surface area contributed by atoms with Gasteiger partial charge in [-0.1, -0.05) is 19.1 Å². The Balaban J connectivity index is 0.00000150. The van der Waals surface area contributed by atoms with Crippen LogP contribution in [0.3, 0.4) is 0 Å². The van der Waals surface area contributed by atoms with E-state index in [9.17, 15) is 4.79 Å². The minimum atomic E-state index is -0.177. The molecule has 1 saturated heterocycles. The number of anilines is 2. The molecule has 29 heavy (non-hydrogen) atoms. The Bertz CT molecular complexity index is 825. The van der Waals surface area contributed by atoms with Crippen LogP contribution in [0.4, 0.5) is 11.4 Å². The smallest absolute Gasteiger partial charge is 0.255 e. The Labute approximate surface area is 184 Å². The first kappa shape index (κ1) is 23.3. The van der Waals surface area contributed by atoms with Crippen molar-refractivity contribution < 1.29 is 9.53 Å². The number of hydrogen-bond acceptors (Lipinski definition) is 4. The lowest BCUT2D eigenvalue weighted by atomic mass is 10.1. The van der Waals surface area contributed by atoms with Gasteiger partial charge in [-0.05, 0) is 61.1 Å². The molecule has 2 aromatic carbocycles. The Kier molecular flexibility index (Phi) is 7.80. The average molecular weight is 438 g/mol. The SMILES string of the molecule is CC1(CN2CC[C@H](Oc3ccc(C(=O)Nc4ccccc4N)cc3)C2)CC1.Cl.Cl. The van der Waals surface area contributed by atoms with Crippen molar-refractivity contribution in [2.45, 2.75) is 32.3 Å². The van der Waals surface area contributed by atoms with Crippen molar-refractivity contribution in [1.29, 1.82) is 0 Å². The van der Waals surface area contributed by atoms with Gasteiger partial charge in [0.25, 0.3) is 5.91 Å². The molecule has 1 saturated carbocycles. The van der Waals surface area contributed by atoms with Crippen LogP contribution >= 0.6 is 24.8 Å². The summed E-state index contributed by atoms with van der Waals surface area (Å²) in [5, 5.41) is 2.84. The molecule has 5 nitrogen and oxygen atoms in total. The Morgan fingerprint density at radius 3 is 2.52 bits per heavy atom. The highest BCUT2D eigenvalue weighted by atomic mass is 35.5. The molecule has 1 aliphatic carbocycles. The molecule has 1 atom stereocenters. The van der Waals surface area contributed by atoms with Crippen LogP contribution in [0.1, 0.15) is 36.5 Å². The molecule has 0 aromatic heterocycles. The van der Waals surface area contributed by atoms with Crippen molar-refractivity contribution in [3.63, 3.8) is 0 Å². The molecule has 1 amide bonds. The summed E-state index contributed by atoms with van der Waals surface area (Å²) in [6, 6.07) is 14.6. The first-order valence-corrected chi connectivity index (χ1v) is 9.66. The van der Waals surface area contributed by atoms with E-state index in [0.717, 1.165) is 25.3 Å². The number of carbonyl (C=O) groups is 1. The van der Waals surface area contributed by atoms with Crippen molar-refractivity contribution in [3.8, 4) is 5.75 Å². The van der Waals surface area contributed by atoms with Gasteiger partial charge in [0.2, 0.25) is 0 Å². The Hall–Kier alpha value is -1.95. The molecule has 2 aliphatic rings. The molecule has 1 heterocycles. The number of halogens is 2. The van der Waals surface area contributed by atoms with E-state index >= 15 is 0 Å². The van der Waals surface area contributed by atoms with Gasteiger partial charge in [0.1, 0.15) is 11.9 Å². The maximum absolute atomic E-state index is 12.4. The molecule has 2 aromatic rings. The summed E-state index contributed by atoms with van der Waals surface area (Å²) in [5.41, 5.74) is 8.18. The fourth-order valence-corrected chi connectivity index (χ4v) is 3.63. The van der Waals surface area contributed by atoms with Crippen molar-refractivity contribution in [1.82, 2.24) is 4.90 Å². The lowest BCUT2D eigenvalue weighted by Crippen LogP contribution is -2.29. The van der Waals surface area contributed by atoms with Gasteiger partial charge in [0.05, 0.1) is 11.4 Å². The second-order valence-electron chi connectivity index (χ2n) is 8.14. The summed E-state index contributed by atoms with van der Waals surface area (Å²) in [6.07, 6.45) is 4.00. The van der Waals surface area contributed by atoms with Crippen LogP contribution in [0.15, 0.2) is 48.5 Å². The van der Waals surface area contributed by atoms with E-state index < -0.39 is 0 Å². The van der Waals surface area contributed by atoms with Crippen molar-refractivity contribution >= 4 is 42.1 Å². The molecular weight excluding hydrogens is 409 g/mol. The van der Waals surface area contributed by atoms with Crippen LogP contribution in [0.2, 0.25) is 0 Å². The predicted molar refractivity (Wildman–Crippen MR) is 123 cm³/mol. The fourth-order valence-electron chi connectivity index (χ4n) is 3.63. The molecule has 1 aliphatic heterocycles. The predicted octanol–water partition coefficient (Wildman–Crippen LogP) is 4.62. The molecule has 7 heteroatoms. The van der Waals surface area contributed by atoms with Gasteiger partial charge in [-0.15, -0.1) is 24.8 Å². The molecule has 0 bridgehead atoms. The second kappa shape index (κ2) is 9.70. The average Bonchev–Trinajstić information content (AvgIpc) is 3.22. The molecule has 4 rings (SSSR count). The Morgan fingerprint density at radius 1 is 1.17 bits per heavy atom. The highest BCUT2D eigenvalue weighted by Crippen LogP contribution is 2.45. The molecular formula is C22H29Cl2N3O2. The second-order valence-corrected chi connectivity index (χ2v) is 8.14. The topological polar surface area (TPSA) is 67.6 Å². The highest BCUT2D eigenvalue weighted by Gasteiger charge is 2.40. The van der Waals surface area contributed by atoms with Gasteiger partial charge in [0, 0.05) is 25.2 Å². The minimum Gasteiger partial charge on any atom is -0.489 e. The number of nitrogens with two attached hydrogens (primary N) is 1. The lowest BCUT2D eigenvalue weighted by molar-refractivity contribution is 0.102. The number of amides is 1. The highest BCUT2D eigenvalue weighted by molar-refractivity contribution is 6.05. The first-order valence-electron chi connectivity index (χ1n) is 9.66. The van der Waals surface area contributed by atoms with Crippen LogP contribution in [-0.2, 0) is 0 Å². The summed E-state index contributed by atoms with van der Waals surface area (Å²) >= 11 is 0. The summed E-state index contributed by atoms with van der Waals surface area (Å²) in [7, 11) is 0. The van der Waals surface area contributed by atoms with Crippen LogP contribution in [0.5, 0.6) is 5.75 Å². The Morgan fingerprint density at radius 2 is 1.86 bits per heavy atom. The van der Waals surface area contributed by atoms with Crippen LogP contribution in [0.25, 0.3) is 0 Å². The largest absolute Gasteiger partial charge is 0.489 e. The van der Waals surface area contributed by atoms with E-state index in [4.69, 9.17) is 10.5 Å². The van der Waals surface area contributed by atoms with Gasteiger partial charge >= 0.3 is 0 Å². The van der Waals surface area contributed by atoms with Gasteiger partial charge in [-0.3, -0.25) is 9.69 Å². The molecule has 0 radical (unpaired) electrons. The molecule has 158 valence electrons. The van der Waals surface area contributed by atoms with E-state index in [0.29, 0.717) is 22.4 Å². The van der Waals surface area contributed by atoms with E-state index in [-0.39, 0.29) is 36.8 Å². The number of nitrogens with zero attached hydrogens (tertiary/aromatic N) is 1. The molecule has 0 spiro atoms. The quantitative estimate of drug-likeness (QED) is 0.646. The lowest BCUT2D eigenvalue weighted by Gasteiger charge is -2.20. The summed E-state index contributed by atoms with van der Waals surface area (Å²) in [5.74, 6) is 0.638. The zero-order chi connectivity index (χ0) is 18.9. The van der Waals surface area contributed by atoms with Crippen LogP contribution in [0, 0.1) is 5.41 Å². The summed E-state index contributed by atoms with van der Waals surface area (Å²) in [6.45, 7) is 5.66. The summed E-state index contributed by atoms with van der Waals surface area (Å²) in [4.78, 5) is 14.9. The maximum atomic E-state index is 12.4. The van der Waals surface area contributed by atoms with E-state index in [1.54, 1.807) is 24.3 Å². The number of nitrogens with one attached hydrogen (secondary N) is 1. The number of ether oxygens (including phenoxy) is 1. The number of carbonyl (C=O) groups excluding carboxylic acids is 1. The third-order valence-electron chi connectivity index (χ3n) is 5.57. The van der Waals surface area contributed by atoms with Crippen LogP contribution < -0.4 is 15.8 Å². The van der Waals surface area contributed by atoms with Crippen molar-refractivity contribution in [3.05, 3.63) is 54.1 Å². The number of nitrogen functional groups attached to an aromatic ring is 1. The van der Waals surface area contributed by atoms with Gasteiger partial charge in [0.15, 0.2) is 0 Å². The zero-order valence-electron chi connectivity index (χ0n) is 16.6. The number of para-hydroxylation sites is 2. The standard InChI is InChI=1S/C22H27N3O2.2ClH/c1-22(11-12-22)15-25-13-10-18(14-25)27-17-8-6-16(7-9-17)21(26)24-20-5-3-2-4-19(20)23;;/h2-9,18H,10-15,23H2,1H3,(H,24,26);2*1H/t18-;;/m0../s1. The monoisotopic (exact) mass is 437 g/mol. The van der Waals surface area contributed by atoms with Gasteiger partial charge < -0.3 is 15.8 Å². The van der Waals surface area contributed by atoms with Gasteiger partial charge in [-0.2, -0.15) is 0 Å². The summed E-state index contributed by atoms with van der Waals surface area (Å²) < 4.78 is 6.12. The third kappa shape index (κ3) is 6.01. The normalized spacial score (nSPS) is 19.6. The number of rotatable bonds is 6. The first-order chi connectivity index (χ1) is 13.0. The van der Waals surface area contributed by atoms with E-state index in [2.05, 4.69) is 17.1 Å². The molecule has 0 unspecified atom stereocenters.